The molecule has 2 nitrogen and oxygen atoms in total. The molecule has 2 heteroatoms. The van der Waals surface area contributed by atoms with Gasteiger partial charge in [0.1, 0.15) is 0 Å². The van der Waals surface area contributed by atoms with E-state index in [9.17, 15) is 0 Å². The van der Waals surface area contributed by atoms with Gasteiger partial charge in [-0.2, -0.15) is 0 Å². The van der Waals surface area contributed by atoms with Crippen molar-refractivity contribution in [1.29, 1.82) is 0 Å². The second kappa shape index (κ2) is 3.45. The Morgan fingerprint density at radius 2 is 2.17 bits per heavy atom. The minimum atomic E-state index is 1.06. The molecule has 3 heterocycles. The van der Waals surface area contributed by atoms with Crippen LogP contribution in [0.3, 0.4) is 0 Å². The molecule has 88 valence electrons. The van der Waals surface area contributed by atoms with Gasteiger partial charge in [-0.05, 0) is 36.6 Å². The first-order valence-corrected chi connectivity index (χ1v) is 6.37. The number of fused-ring (bicyclic) bond motifs is 5. The molecule has 0 saturated carbocycles. The predicted molar refractivity (Wildman–Crippen MR) is 73.6 cm³/mol. The van der Waals surface area contributed by atoms with Crippen molar-refractivity contribution in [3.05, 3.63) is 53.9 Å². The minimum Gasteiger partial charge on any atom is -0.339 e. The topological polar surface area (TPSA) is 17.8 Å². The first kappa shape index (κ1) is 9.89. The third-order valence-corrected chi connectivity index (χ3v) is 3.93. The lowest BCUT2D eigenvalue weighted by molar-refractivity contribution is 0.708. The summed E-state index contributed by atoms with van der Waals surface area (Å²) in [6.07, 6.45) is 4.96. The third-order valence-electron chi connectivity index (χ3n) is 3.93. The number of aromatic nitrogens is 2. The average Bonchev–Trinajstić information content (AvgIpc) is 2.77. The number of benzene rings is 1. The summed E-state index contributed by atoms with van der Waals surface area (Å²) >= 11 is 0. The number of pyridine rings is 1. The molecule has 0 amide bonds. The van der Waals surface area contributed by atoms with Crippen LogP contribution in [-0.4, -0.2) is 9.55 Å². The van der Waals surface area contributed by atoms with E-state index in [1.165, 1.54) is 33.3 Å². The molecule has 0 fully saturated rings. The molecular formula is C16H14N2. The summed E-state index contributed by atoms with van der Waals surface area (Å²) in [4.78, 5) is 4.25. The van der Waals surface area contributed by atoms with Gasteiger partial charge in [-0.1, -0.05) is 18.2 Å². The summed E-state index contributed by atoms with van der Waals surface area (Å²) in [6, 6.07) is 11.0. The SMILES string of the molecule is Cc1cccc2c1-c1cc3ccncc3n1CC2. The molecule has 0 N–H and O–H groups in total. The van der Waals surface area contributed by atoms with Crippen LogP contribution >= 0.6 is 0 Å². The lowest BCUT2D eigenvalue weighted by Gasteiger charge is -2.21. The molecule has 2 aromatic heterocycles. The van der Waals surface area contributed by atoms with Gasteiger partial charge in [-0.15, -0.1) is 0 Å². The first-order valence-electron chi connectivity index (χ1n) is 6.37. The van der Waals surface area contributed by atoms with Crippen LogP contribution in [0.4, 0.5) is 0 Å². The largest absolute Gasteiger partial charge is 0.339 e. The molecule has 3 aromatic rings. The van der Waals surface area contributed by atoms with Crippen molar-refractivity contribution in [3.8, 4) is 11.3 Å². The van der Waals surface area contributed by atoms with E-state index in [4.69, 9.17) is 0 Å². The number of hydrogen-bond donors (Lipinski definition) is 0. The molecule has 18 heavy (non-hydrogen) atoms. The fraction of sp³-hybridized carbons (Fsp3) is 0.188. The highest BCUT2D eigenvalue weighted by Gasteiger charge is 2.19. The summed E-state index contributed by atoms with van der Waals surface area (Å²) < 4.78 is 2.40. The molecule has 1 aliphatic heterocycles. The highest BCUT2D eigenvalue weighted by molar-refractivity contribution is 5.88. The highest BCUT2D eigenvalue weighted by Crippen LogP contribution is 2.36. The van der Waals surface area contributed by atoms with Gasteiger partial charge in [0, 0.05) is 29.4 Å². The van der Waals surface area contributed by atoms with E-state index in [2.05, 4.69) is 46.8 Å². The Kier molecular flexibility index (Phi) is 1.90. The Hall–Kier alpha value is -2.09. The van der Waals surface area contributed by atoms with Crippen molar-refractivity contribution in [1.82, 2.24) is 9.55 Å². The molecular weight excluding hydrogens is 220 g/mol. The lowest BCUT2D eigenvalue weighted by Crippen LogP contribution is -2.11. The summed E-state index contributed by atoms with van der Waals surface area (Å²) in [5.74, 6) is 0. The van der Waals surface area contributed by atoms with Gasteiger partial charge in [0.25, 0.3) is 0 Å². The Balaban J connectivity index is 2.12. The third kappa shape index (κ3) is 1.20. The molecule has 0 saturated heterocycles. The van der Waals surface area contributed by atoms with Crippen LogP contribution in [-0.2, 0) is 13.0 Å². The number of hydrogen-bond acceptors (Lipinski definition) is 1. The highest BCUT2D eigenvalue weighted by atomic mass is 15.0. The van der Waals surface area contributed by atoms with E-state index >= 15 is 0 Å². The molecule has 0 spiro atoms. The van der Waals surface area contributed by atoms with E-state index < -0.39 is 0 Å². The summed E-state index contributed by atoms with van der Waals surface area (Å²) in [6.45, 7) is 3.26. The Labute approximate surface area is 106 Å². The van der Waals surface area contributed by atoms with Crippen LogP contribution < -0.4 is 0 Å². The van der Waals surface area contributed by atoms with Gasteiger partial charge >= 0.3 is 0 Å². The second-order valence-corrected chi connectivity index (χ2v) is 4.97. The zero-order valence-corrected chi connectivity index (χ0v) is 10.4. The van der Waals surface area contributed by atoms with Crippen molar-refractivity contribution in [2.45, 2.75) is 19.9 Å². The Morgan fingerprint density at radius 1 is 1.22 bits per heavy atom. The van der Waals surface area contributed by atoms with Crippen molar-refractivity contribution in [2.24, 2.45) is 0 Å². The summed E-state index contributed by atoms with van der Waals surface area (Å²) in [5, 5.41) is 1.29. The average molecular weight is 234 g/mol. The minimum absolute atomic E-state index is 1.06. The fourth-order valence-corrected chi connectivity index (χ4v) is 3.08. The number of aryl methyl sites for hydroxylation is 3. The van der Waals surface area contributed by atoms with E-state index in [0.717, 1.165) is 13.0 Å². The summed E-state index contributed by atoms with van der Waals surface area (Å²) in [5.41, 5.74) is 6.85. The van der Waals surface area contributed by atoms with Crippen LogP contribution in [0.15, 0.2) is 42.7 Å². The normalized spacial score (nSPS) is 13.4. The van der Waals surface area contributed by atoms with E-state index in [-0.39, 0.29) is 0 Å². The zero-order chi connectivity index (χ0) is 12.1. The van der Waals surface area contributed by atoms with Gasteiger partial charge in [-0.25, -0.2) is 0 Å². The van der Waals surface area contributed by atoms with Crippen molar-refractivity contribution in [2.75, 3.05) is 0 Å². The van der Waals surface area contributed by atoms with Crippen LogP contribution in [0.2, 0.25) is 0 Å². The zero-order valence-electron chi connectivity index (χ0n) is 10.4. The number of nitrogens with zero attached hydrogens (tertiary/aromatic N) is 2. The van der Waals surface area contributed by atoms with E-state index in [1.54, 1.807) is 0 Å². The predicted octanol–water partition coefficient (Wildman–Crippen LogP) is 3.57. The molecule has 1 aromatic carbocycles. The van der Waals surface area contributed by atoms with Gasteiger partial charge in [0.15, 0.2) is 0 Å². The second-order valence-electron chi connectivity index (χ2n) is 4.97. The molecule has 0 unspecified atom stereocenters. The Morgan fingerprint density at radius 3 is 3.11 bits per heavy atom. The van der Waals surface area contributed by atoms with E-state index in [0.29, 0.717) is 0 Å². The fourth-order valence-electron chi connectivity index (χ4n) is 3.08. The molecule has 0 bridgehead atoms. The lowest BCUT2D eigenvalue weighted by atomic mass is 9.94. The quantitative estimate of drug-likeness (QED) is 0.581. The maximum Gasteiger partial charge on any atom is 0.0671 e. The van der Waals surface area contributed by atoms with Gasteiger partial charge in [0.05, 0.1) is 11.7 Å². The molecule has 0 radical (unpaired) electrons. The van der Waals surface area contributed by atoms with Crippen molar-refractivity contribution >= 4 is 10.9 Å². The molecule has 4 rings (SSSR count). The summed E-state index contributed by atoms with van der Waals surface area (Å²) in [7, 11) is 0. The van der Waals surface area contributed by atoms with Gasteiger partial charge < -0.3 is 4.57 Å². The van der Waals surface area contributed by atoms with Crippen LogP contribution in [0, 0.1) is 6.92 Å². The standard InChI is InChI=1S/C16H14N2/c1-11-3-2-4-12-6-8-18-14(16(11)12)9-13-5-7-17-10-15(13)18/h2-5,7,9-10H,6,8H2,1H3. The van der Waals surface area contributed by atoms with Crippen LogP contribution in [0.25, 0.3) is 22.2 Å². The van der Waals surface area contributed by atoms with Crippen LogP contribution in [0.1, 0.15) is 11.1 Å². The Bertz CT molecular complexity index is 753. The molecule has 0 aliphatic carbocycles. The molecule has 1 aliphatic rings. The van der Waals surface area contributed by atoms with Crippen LogP contribution in [0.5, 0.6) is 0 Å². The van der Waals surface area contributed by atoms with Gasteiger partial charge in [0.2, 0.25) is 0 Å². The number of rotatable bonds is 0. The first-order chi connectivity index (χ1) is 8.84. The maximum absolute atomic E-state index is 4.25. The van der Waals surface area contributed by atoms with E-state index in [1.807, 2.05) is 12.4 Å². The smallest absolute Gasteiger partial charge is 0.0671 e. The monoisotopic (exact) mass is 234 g/mol. The maximum atomic E-state index is 4.25. The van der Waals surface area contributed by atoms with Crippen molar-refractivity contribution in [3.63, 3.8) is 0 Å². The van der Waals surface area contributed by atoms with Crippen molar-refractivity contribution < 1.29 is 0 Å². The molecule has 0 atom stereocenters. The van der Waals surface area contributed by atoms with Gasteiger partial charge in [-0.3, -0.25) is 4.98 Å².